The summed E-state index contributed by atoms with van der Waals surface area (Å²) in [6.45, 7) is 1.82. The van der Waals surface area contributed by atoms with Crippen LogP contribution >= 0.6 is 0 Å². The van der Waals surface area contributed by atoms with Crippen molar-refractivity contribution in [2.24, 2.45) is 0 Å². The van der Waals surface area contributed by atoms with Gasteiger partial charge in [0.25, 0.3) is 0 Å². The predicted octanol–water partition coefficient (Wildman–Crippen LogP) is 1.19. The van der Waals surface area contributed by atoms with Gasteiger partial charge < -0.3 is 9.84 Å². The summed E-state index contributed by atoms with van der Waals surface area (Å²) < 4.78 is 18.4. The van der Waals surface area contributed by atoms with Crippen molar-refractivity contribution in [2.75, 3.05) is 6.61 Å². The van der Waals surface area contributed by atoms with E-state index in [0.717, 1.165) is 0 Å². The van der Waals surface area contributed by atoms with Crippen LogP contribution in [0.25, 0.3) is 0 Å². The third-order valence-corrected chi connectivity index (χ3v) is 2.31. The van der Waals surface area contributed by atoms with Crippen molar-refractivity contribution < 1.29 is 19.0 Å². The Kier molecular flexibility index (Phi) is 3.25. The summed E-state index contributed by atoms with van der Waals surface area (Å²) in [5.41, 5.74) is -1.95. The summed E-state index contributed by atoms with van der Waals surface area (Å²) in [5.74, 6) is -0.825. The average molecular weight is 190 g/mol. The molecule has 2 atom stereocenters. The Morgan fingerprint density at radius 1 is 1.77 bits per heavy atom. The number of ether oxygens (including phenoxy) is 1. The van der Waals surface area contributed by atoms with Gasteiger partial charge in [0.15, 0.2) is 0 Å². The molecule has 13 heavy (non-hydrogen) atoms. The minimum atomic E-state index is -1.95. The van der Waals surface area contributed by atoms with Crippen molar-refractivity contribution in [1.82, 2.24) is 0 Å². The van der Waals surface area contributed by atoms with Crippen molar-refractivity contribution in [1.29, 1.82) is 0 Å². The molecule has 3 nitrogen and oxygen atoms in total. The summed E-state index contributed by atoms with van der Waals surface area (Å²) >= 11 is 0. The molecule has 76 valence electrons. The fraction of sp³-hybridized carbons (Fsp3) is 0.889. The van der Waals surface area contributed by atoms with E-state index in [1.165, 1.54) is 0 Å². The van der Waals surface area contributed by atoms with E-state index < -0.39 is 17.7 Å². The summed E-state index contributed by atoms with van der Waals surface area (Å²) in [4.78, 5) is 11.2. The summed E-state index contributed by atoms with van der Waals surface area (Å²) in [6, 6.07) is 0. The number of esters is 1. The molecular weight excluding hydrogens is 175 g/mol. The van der Waals surface area contributed by atoms with E-state index in [-0.39, 0.29) is 19.4 Å². The predicted molar refractivity (Wildman–Crippen MR) is 44.9 cm³/mol. The quantitative estimate of drug-likeness (QED) is 0.665. The SMILES string of the molecule is CCOC(=O)C1(F)CCCC(O)C1. The molecule has 0 aliphatic heterocycles. The molecule has 0 amide bonds. The van der Waals surface area contributed by atoms with Crippen LogP contribution in [-0.2, 0) is 9.53 Å². The van der Waals surface area contributed by atoms with Gasteiger partial charge in [-0.3, -0.25) is 0 Å². The number of halogens is 1. The molecule has 0 heterocycles. The van der Waals surface area contributed by atoms with E-state index in [4.69, 9.17) is 0 Å². The molecule has 0 aromatic rings. The highest BCUT2D eigenvalue weighted by Gasteiger charge is 2.44. The average Bonchev–Trinajstić information content (AvgIpc) is 2.04. The van der Waals surface area contributed by atoms with Crippen LogP contribution in [0.5, 0.6) is 0 Å². The van der Waals surface area contributed by atoms with Crippen LogP contribution in [0.15, 0.2) is 0 Å². The molecule has 0 radical (unpaired) electrons. The Balaban J connectivity index is 2.57. The lowest BCUT2D eigenvalue weighted by molar-refractivity contribution is -0.162. The fourth-order valence-corrected chi connectivity index (χ4v) is 1.64. The van der Waals surface area contributed by atoms with Crippen LogP contribution in [0.3, 0.4) is 0 Å². The van der Waals surface area contributed by atoms with Gasteiger partial charge in [-0.1, -0.05) is 0 Å². The van der Waals surface area contributed by atoms with Gasteiger partial charge in [0.2, 0.25) is 5.67 Å². The number of alkyl halides is 1. The van der Waals surface area contributed by atoms with Crippen LogP contribution in [0, 0.1) is 0 Å². The second-order valence-electron chi connectivity index (χ2n) is 3.44. The summed E-state index contributed by atoms with van der Waals surface area (Å²) in [5, 5.41) is 9.21. The molecule has 1 N–H and O–H groups in total. The second kappa shape index (κ2) is 4.05. The Morgan fingerprint density at radius 3 is 3.00 bits per heavy atom. The zero-order valence-corrected chi connectivity index (χ0v) is 7.75. The lowest BCUT2D eigenvalue weighted by Gasteiger charge is -2.29. The van der Waals surface area contributed by atoms with Crippen LogP contribution in [0.4, 0.5) is 4.39 Å². The molecular formula is C9H15FO3. The van der Waals surface area contributed by atoms with Gasteiger partial charge >= 0.3 is 5.97 Å². The first-order valence-corrected chi connectivity index (χ1v) is 4.62. The molecule has 1 saturated carbocycles. The van der Waals surface area contributed by atoms with E-state index in [1.54, 1.807) is 6.92 Å². The zero-order chi connectivity index (χ0) is 9.90. The Labute approximate surface area is 76.9 Å². The van der Waals surface area contributed by atoms with Crippen LogP contribution < -0.4 is 0 Å². The smallest absolute Gasteiger partial charge is 0.343 e. The maximum absolute atomic E-state index is 13.8. The van der Waals surface area contributed by atoms with E-state index in [1.807, 2.05) is 0 Å². The summed E-state index contributed by atoms with van der Waals surface area (Å²) in [6.07, 6.45) is 0.458. The number of rotatable bonds is 2. The highest BCUT2D eigenvalue weighted by molar-refractivity contribution is 5.79. The van der Waals surface area contributed by atoms with Gasteiger partial charge in [0.05, 0.1) is 12.7 Å². The van der Waals surface area contributed by atoms with Gasteiger partial charge in [-0.25, -0.2) is 9.18 Å². The number of aliphatic hydroxyl groups is 1. The van der Waals surface area contributed by atoms with Gasteiger partial charge in [0.1, 0.15) is 0 Å². The number of carbonyl (C=O) groups excluding carboxylic acids is 1. The lowest BCUT2D eigenvalue weighted by atomic mass is 9.85. The normalized spacial score (nSPS) is 34.2. The molecule has 0 saturated heterocycles. The first kappa shape index (κ1) is 10.4. The Bertz CT molecular complexity index is 195. The third-order valence-electron chi connectivity index (χ3n) is 2.31. The number of aliphatic hydroxyl groups excluding tert-OH is 1. The summed E-state index contributed by atoms with van der Waals surface area (Å²) in [7, 11) is 0. The molecule has 0 spiro atoms. The molecule has 1 aliphatic carbocycles. The highest BCUT2D eigenvalue weighted by atomic mass is 19.1. The molecule has 4 heteroatoms. The van der Waals surface area contributed by atoms with Gasteiger partial charge in [-0.15, -0.1) is 0 Å². The maximum Gasteiger partial charge on any atom is 0.343 e. The molecule has 2 unspecified atom stereocenters. The van der Waals surface area contributed by atoms with Gasteiger partial charge in [-0.05, 0) is 26.2 Å². The second-order valence-corrected chi connectivity index (χ2v) is 3.44. The van der Waals surface area contributed by atoms with Crippen molar-refractivity contribution >= 4 is 5.97 Å². The largest absolute Gasteiger partial charge is 0.464 e. The van der Waals surface area contributed by atoms with E-state index in [2.05, 4.69) is 4.74 Å². The topological polar surface area (TPSA) is 46.5 Å². The van der Waals surface area contributed by atoms with E-state index >= 15 is 0 Å². The lowest BCUT2D eigenvalue weighted by Crippen LogP contribution is -2.42. The fourth-order valence-electron chi connectivity index (χ4n) is 1.64. The number of carbonyl (C=O) groups is 1. The van der Waals surface area contributed by atoms with Crippen molar-refractivity contribution in [3.63, 3.8) is 0 Å². The third kappa shape index (κ3) is 2.40. The van der Waals surface area contributed by atoms with Crippen LogP contribution in [0.1, 0.15) is 32.6 Å². The minimum absolute atomic E-state index is 0.119. The molecule has 1 fully saturated rings. The monoisotopic (exact) mass is 190 g/mol. The van der Waals surface area contributed by atoms with Crippen LogP contribution in [0.2, 0.25) is 0 Å². The first-order chi connectivity index (χ1) is 6.08. The first-order valence-electron chi connectivity index (χ1n) is 4.62. The molecule has 0 aromatic heterocycles. The molecule has 0 aromatic carbocycles. The van der Waals surface area contributed by atoms with E-state index in [9.17, 15) is 14.3 Å². The minimum Gasteiger partial charge on any atom is -0.464 e. The number of hydrogen-bond donors (Lipinski definition) is 1. The van der Waals surface area contributed by atoms with E-state index in [0.29, 0.717) is 12.8 Å². The molecule has 1 rings (SSSR count). The van der Waals surface area contributed by atoms with Crippen molar-refractivity contribution in [3.8, 4) is 0 Å². The Morgan fingerprint density at radius 2 is 2.46 bits per heavy atom. The zero-order valence-electron chi connectivity index (χ0n) is 7.75. The molecule has 1 aliphatic rings. The molecule has 0 bridgehead atoms. The number of hydrogen-bond acceptors (Lipinski definition) is 3. The maximum atomic E-state index is 13.8. The van der Waals surface area contributed by atoms with Gasteiger partial charge in [0, 0.05) is 6.42 Å². The standard InChI is InChI=1S/C9H15FO3/c1-2-13-8(12)9(10)5-3-4-7(11)6-9/h7,11H,2-6H2,1H3. The highest BCUT2D eigenvalue weighted by Crippen LogP contribution is 2.33. The Hall–Kier alpha value is -0.640. The van der Waals surface area contributed by atoms with Crippen molar-refractivity contribution in [2.45, 2.75) is 44.4 Å². The van der Waals surface area contributed by atoms with Gasteiger partial charge in [-0.2, -0.15) is 0 Å². The van der Waals surface area contributed by atoms with Crippen LogP contribution in [-0.4, -0.2) is 29.5 Å². The van der Waals surface area contributed by atoms with Crippen molar-refractivity contribution in [3.05, 3.63) is 0 Å².